The molecule has 4 rings (SSSR count). The highest BCUT2D eigenvalue weighted by molar-refractivity contribution is 5.72. The molecule has 0 aromatic carbocycles. The number of rotatable bonds is 9. The smallest absolute Gasteiger partial charge is 0.309 e. The van der Waals surface area contributed by atoms with Gasteiger partial charge in [-0.15, -0.1) is 0 Å². The number of ether oxygens (including phenoxy) is 1. The van der Waals surface area contributed by atoms with Crippen LogP contribution >= 0.6 is 0 Å². The zero-order valence-electron chi connectivity index (χ0n) is 19.6. The van der Waals surface area contributed by atoms with E-state index in [2.05, 4.69) is 27.7 Å². The minimum Gasteiger partial charge on any atom is -0.459 e. The van der Waals surface area contributed by atoms with Crippen LogP contribution in [0.15, 0.2) is 0 Å². The molecule has 0 spiro atoms. The summed E-state index contributed by atoms with van der Waals surface area (Å²) >= 11 is 0. The molecule has 0 heterocycles. The summed E-state index contributed by atoms with van der Waals surface area (Å²) in [5.74, 6) is 0.195. The van der Waals surface area contributed by atoms with Gasteiger partial charge in [0.15, 0.2) is 0 Å². The molecular formula is C25H44O4. The quantitative estimate of drug-likeness (QED) is 0.502. The minimum atomic E-state index is -0.770. The van der Waals surface area contributed by atoms with Crippen molar-refractivity contribution < 1.29 is 19.7 Å². The van der Waals surface area contributed by atoms with E-state index in [1.807, 2.05) is 13.8 Å². The van der Waals surface area contributed by atoms with Gasteiger partial charge in [-0.3, -0.25) is 4.79 Å². The maximum atomic E-state index is 12.9. The topological polar surface area (TPSA) is 66.8 Å². The molecule has 4 aliphatic carbocycles. The van der Waals surface area contributed by atoms with Crippen LogP contribution in [0.25, 0.3) is 0 Å². The highest BCUT2D eigenvalue weighted by Crippen LogP contribution is 2.74. The largest absolute Gasteiger partial charge is 0.459 e. The molecule has 0 aromatic heterocycles. The maximum Gasteiger partial charge on any atom is 0.309 e. The first-order valence-corrected chi connectivity index (χ1v) is 12.2. The van der Waals surface area contributed by atoms with Gasteiger partial charge in [0.2, 0.25) is 0 Å². The molecule has 0 amide bonds. The van der Waals surface area contributed by atoms with Crippen molar-refractivity contribution in [3.63, 3.8) is 0 Å². The van der Waals surface area contributed by atoms with Crippen LogP contribution in [0.4, 0.5) is 0 Å². The van der Waals surface area contributed by atoms with Crippen molar-refractivity contribution in [3.8, 4) is 0 Å². The molecule has 0 radical (unpaired) electrons. The highest BCUT2D eigenvalue weighted by Gasteiger charge is 2.72. The molecule has 0 saturated heterocycles. The molecule has 0 aromatic rings. The van der Waals surface area contributed by atoms with Gasteiger partial charge in [-0.2, -0.15) is 0 Å². The van der Waals surface area contributed by atoms with E-state index in [1.165, 1.54) is 0 Å². The molecule has 4 fully saturated rings. The Labute approximate surface area is 177 Å². The summed E-state index contributed by atoms with van der Waals surface area (Å²) in [6.07, 6.45) is 8.85. The molecule has 4 aliphatic rings. The second-order valence-electron chi connectivity index (χ2n) is 11.0. The van der Waals surface area contributed by atoms with Crippen molar-refractivity contribution in [1.29, 1.82) is 0 Å². The molecule has 4 bridgehead atoms. The van der Waals surface area contributed by atoms with Crippen molar-refractivity contribution >= 4 is 5.97 Å². The van der Waals surface area contributed by atoms with Crippen LogP contribution in [0.2, 0.25) is 0 Å². The van der Waals surface area contributed by atoms with E-state index in [4.69, 9.17) is 4.74 Å². The lowest BCUT2D eigenvalue weighted by Gasteiger charge is -2.72. The summed E-state index contributed by atoms with van der Waals surface area (Å²) in [5.41, 5.74) is -2.62. The Hall–Kier alpha value is -0.610. The van der Waals surface area contributed by atoms with Crippen LogP contribution < -0.4 is 0 Å². The standard InChI is InChI=1S/C25H44O4/c1-7-18(6)20(26)29-23-14-19-12-21(16-23,24(27,8-2)9-3)15-22(13-19,17-23)25(28,10-4)11-5/h18-19,27-28H,7-17H2,1-6H3. The molecular weight excluding hydrogens is 364 g/mol. The molecule has 2 N–H and O–H groups in total. The van der Waals surface area contributed by atoms with Crippen molar-refractivity contribution in [1.82, 2.24) is 0 Å². The maximum absolute atomic E-state index is 12.9. The third-order valence-corrected chi connectivity index (χ3v) is 9.66. The summed E-state index contributed by atoms with van der Waals surface area (Å²) in [7, 11) is 0. The predicted molar refractivity (Wildman–Crippen MR) is 115 cm³/mol. The Morgan fingerprint density at radius 1 is 0.897 bits per heavy atom. The molecule has 29 heavy (non-hydrogen) atoms. The van der Waals surface area contributed by atoms with Crippen molar-refractivity contribution in [2.24, 2.45) is 22.7 Å². The molecule has 0 aliphatic heterocycles. The molecule has 3 atom stereocenters. The number of hydrogen-bond acceptors (Lipinski definition) is 4. The molecule has 4 saturated carbocycles. The lowest BCUT2D eigenvalue weighted by atomic mass is 9.36. The summed E-state index contributed by atoms with van der Waals surface area (Å²) in [4.78, 5) is 12.9. The zero-order valence-corrected chi connectivity index (χ0v) is 19.6. The van der Waals surface area contributed by atoms with Crippen molar-refractivity contribution in [2.45, 2.75) is 129 Å². The lowest BCUT2D eigenvalue weighted by Crippen LogP contribution is -2.71. The Kier molecular flexibility index (Phi) is 5.97. The van der Waals surface area contributed by atoms with Crippen LogP contribution in [0.5, 0.6) is 0 Å². The average molecular weight is 409 g/mol. The van der Waals surface area contributed by atoms with E-state index < -0.39 is 16.8 Å². The second-order valence-corrected chi connectivity index (χ2v) is 11.0. The fourth-order valence-corrected chi connectivity index (χ4v) is 7.98. The number of carbonyl (C=O) groups excluding carboxylic acids is 1. The van der Waals surface area contributed by atoms with E-state index in [0.717, 1.165) is 44.9 Å². The predicted octanol–water partition coefficient (Wildman–Crippen LogP) is 5.39. The third-order valence-electron chi connectivity index (χ3n) is 9.66. The molecule has 4 nitrogen and oxygen atoms in total. The molecule has 4 heteroatoms. The monoisotopic (exact) mass is 408 g/mol. The summed E-state index contributed by atoms with van der Waals surface area (Å²) in [6.45, 7) is 12.3. The van der Waals surface area contributed by atoms with E-state index >= 15 is 0 Å². The number of esters is 1. The van der Waals surface area contributed by atoms with E-state index in [1.54, 1.807) is 0 Å². The lowest BCUT2D eigenvalue weighted by molar-refractivity contribution is -0.298. The summed E-state index contributed by atoms with van der Waals surface area (Å²) in [6, 6.07) is 0. The van der Waals surface area contributed by atoms with Gasteiger partial charge in [0.1, 0.15) is 5.60 Å². The molecule has 3 unspecified atom stereocenters. The summed E-state index contributed by atoms with van der Waals surface area (Å²) < 4.78 is 6.36. The van der Waals surface area contributed by atoms with Crippen molar-refractivity contribution in [2.75, 3.05) is 0 Å². The van der Waals surface area contributed by atoms with E-state index in [0.29, 0.717) is 31.6 Å². The van der Waals surface area contributed by atoms with Gasteiger partial charge in [0.05, 0.1) is 17.1 Å². The number of aliphatic hydroxyl groups is 2. The molecule has 168 valence electrons. The Morgan fingerprint density at radius 3 is 1.72 bits per heavy atom. The van der Waals surface area contributed by atoms with Crippen LogP contribution in [0.3, 0.4) is 0 Å². The first kappa shape index (κ1) is 23.1. The van der Waals surface area contributed by atoms with Gasteiger partial charge in [-0.1, -0.05) is 41.5 Å². The Morgan fingerprint density at radius 2 is 1.34 bits per heavy atom. The normalized spacial score (nSPS) is 37.6. The Balaban J connectivity index is 2.10. The van der Waals surface area contributed by atoms with Gasteiger partial charge in [-0.05, 0) is 76.5 Å². The zero-order chi connectivity index (χ0) is 21.7. The first-order valence-electron chi connectivity index (χ1n) is 12.2. The average Bonchev–Trinajstić information content (AvgIpc) is 2.70. The van der Waals surface area contributed by atoms with E-state index in [9.17, 15) is 15.0 Å². The van der Waals surface area contributed by atoms with Crippen LogP contribution in [0.1, 0.15) is 112 Å². The first-order chi connectivity index (χ1) is 13.5. The Bertz CT molecular complexity index is 584. The number of carbonyl (C=O) groups is 1. The van der Waals surface area contributed by atoms with Crippen molar-refractivity contribution in [3.05, 3.63) is 0 Å². The van der Waals surface area contributed by atoms with E-state index in [-0.39, 0.29) is 22.7 Å². The van der Waals surface area contributed by atoms with Crippen LogP contribution in [-0.2, 0) is 9.53 Å². The highest BCUT2D eigenvalue weighted by atomic mass is 16.6. The van der Waals surface area contributed by atoms with Gasteiger partial charge in [0.25, 0.3) is 0 Å². The van der Waals surface area contributed by atoms with Gasteiger partial charge in [0, 0.05) is 10.8 Å². The van der Waals surface area contributed by atoms with Gasteiger partial charge >= 0.3 is 5.97 Å². The van der Waals surface area contributed by atoms with Gasteiger partial charge in [-0.25, -0.2) is 0 Å². The number of hydrogen-bond donors (Lipinski definition) is 2. The third kappa shape index (κ3) is 3.28. The fourth-order valence-electron chi connectivity index (χ4n) is 7.98. The van der Waals surface area contributed by atoms with Gasteiger partial charge < -0.3 is 14.9 Å². The second kappa shape index (κ2) is 7.51. The summed E-state index contributed by atoms with van der Waals surface area (Å²) in [5, 5.41) is 23.6. The van der Waals surface area contributed by atoms with Crippen LogP contribution in [0, 0.1) is 22.7 Å². The minimum absolute atomic E-state index is 0.104. The SMILES string of the molecule is CCC(C)C(=O)OC12CC3CC(C(O)(CC)CC)(C1)CC(C(O)(CC)CC)(C3)C2. The van der Waals surface area contributed by atoms with Crippen LogP contribution in [-0.4, -0.2) is 33.0 Å². The fraction of sp³-hybridized carbons (Fsp3) is 0.960.